The predicted molar refractivity (Wildman–Crippen MR) is 109 cm³/mol. The third-order valence-electron chi connectivity index (χ3n) is 4.14. The minimum absolute atomic E-state index is 0.198. The first-order valence-electron chi connectivity index (χ1n) is 9.42. The summed E-state index contributed by atoms with van der Waals surface area (Å²) in [7, 11) is 0. The highest BCUT2D eigenvalue weighted by molar-refractivity contribution is 5.94. The smallest absolute Gasteiger partial charge is 0.251 e. The van der Waals surface area contributed by atoms with Crippen LogP contribution in [0.2, 0.25) is 0 Å². The molecule has 0 aliphatic carbocycles. The molecular weight excluding hydrogens is 387 g/mol. The molecule has 0 aliphatic heterocycles. The van der Waals surface area contributed by atoms with Gasteiger partial charge in [0.1, 0.15) is 12.4 Å². The first kappa shape index (κ1) is 20.9. The van der Waals surface area contributed by atoms with E-state index in [0.717, 1.165) is 5.56 Å². The van der Waals surface area contributed by atoms with E-state index in [1.54, 1.807) is 30.7 Å². The fourth-order valence-electron chi connectivity index (χ4n) is 2.59. The van der Waals surface area contributed by atoms with Gasteiger partial charge in [0.25, 0.3) is 5.91 Å². The highest BCUT2D eigenvalue weighted by Gasteiger charge is 2.10. The number of rotatable bonds is 9. The number of benzene rings is 1. The van der Waals surface area contributed by atoms with Crippen molar-refractivity contribution in [3.05, 3.63) is 84.1 Å². The van der Waals surface area contributed by atoms with E-state index in [0.29, 0.717) is 36.7 Å². The van der Waals surface area contributed by atoms with Crippen molar-refractivity contribution < 1.29 is 18.7 Å². The number of carbonyl (C=O) groups is 2. The Morgan fingerprint density at radius 1 is 1.00 bits per heavy atom. The Labute approximate surface area is 173 Å². The Bertz CT molecular complexity index is 981. The zero-order valence-electron chi connectivity index (χ0n) is 16.2. The third-order valence-corrected chi connectivity index (χ3v) is 4.14. The first-order valence-corrected chi connectivity index (χ1v) is 9.42. The molecule has 0 fully saturated rings. The minimum atomic E-state index is -0.401. The molecule has 0 bridgehead atoms. The van der Waals surface area contributed by atoms with Gasteiger partial charge < -0.3 is 15.4 Å². The molecule has 2 amide bonds. The van der Waals surface area contributed by atoms with Crippen LogP contribution in [0.25, 0.3) is 0 Å². The molecule has 8 heteroatoms. The zero-order valence-corrected chi connectivity index (χ0v) is 16.2. The molecule has 0 unspecified atom stereocenters. The SMILES string of the molecule is O=C(CCCNC(=O)c1ccc(F)cc1)Nc1ncccc1OCc1ccncc1. The second-order valence-corrected chi connectivity index (χ2v) is 6.41. The standard InChI is InChI=1S/C22H21FN4O3/c23-18-7-5-17(6-8-18)22(29)26-12-2-4-20(28)27-21-19(3-1-11-25-21)30-15-16-9-13-24-14-10-16/h1,3,5-11,13-14H,2,4,12,15H2,(H,26,29)(H,25,27,28). The molecule has 2 heterocycles. The largest absolute Gasteiger partial charge is 0.485 e. The molecule has 0 spiro atoms. The minimum Gasteiger partial charge on any atom is -0.485 e. The van der Waals surface area contributed by atoms with Gasteiger partial charge in [0.15, 0.2) is 11.6 Å². The van der Waals surface area contributed by atoms with Crippen molar-refractivity contribution in [3.8, 4) is 5.75 Å². The molecule has 30 heavy (non-hydrogen) atoms. The number of carbonyl (C=O) groups excluding carboxylic acids is 2. The average molecular weight is 408 g/mol. The number of nitrogens with one attached hydrogen (secondary N) is 2. The van der Waals surface area contributed by atoms with Gasteiger partial charge >= 0.3 is 0 Å². The summed E-state index contributed by atoms with van der Waals surface area (Å²) in [6, 6.07) is 12.4. The number of amides is 2. The first-order chi connectivity index (χ1) is 14.6. The van der Waals surface area contributed by atoms with Gasteiger partial charge in [0.2, 0.25) is 5.91 Å². The van der Waals surface area contributed by atoms with Crippen LogP contribution in [0.3, 0.4) is 0 Å². The van der Waals surface area contributed by atoms with E-state index in [-0.39, 0.29) is 18.2 Å². The zero-order chi connectivity index (χ0) is 21.2. The monoisotopic (exact) mass is 408 g/mol. The van der Waals surface area contributed by atoms with Gasteiger partial charge in [-0.1, -0.05) is 0 Å². The molecule has 0 aliphatic rings. The average Bonchev–Trinajstić information content (AvgIpc) is 2.77. The van der Waals surface area contributed by atoms with Crippen molar-refractivity contribution in [2.45, 2.75) is 19.4 Å². The van der Waals surface area contributed by atoms with Crippen LogP contribution < -0.4 is 15.4 Å². The number of anilines is 1. The molecular formula is C22H21FN4O3. The highest BCUT2D eigenvalue weighted by Crippen LogP contribution is 2.22. The quantitative estimate of drug-likeness (QED) is 0.530. The number of nitrogens with zero attached hydrogens (tertiary/aromatic N) is 2. The van der Waals surface area contributed by atoms with Crippen molar-refractivity contribution in [1.29, 1.82) is 0 Å². The maximum atomic E-state index is 12.9. The van der Waals surface area contributed by atoms with Crippen molar-refractivity contribution in [2.75, 3.05) is 11.9 Å². The molecule has 154 valence electrons. The summed E-state index contributed by atoms with van der Waals surface area (Å²) in [5.41, 5.74) is 1.31. The number of pyridine rings is 2. The van der Waals surface area contributed by atoms with Crippen LogP contribution in [-0.2, 0) is 11.4 Å². The van der Waals surface area contributed by atoms with Crippen LogP contribution in [0.1, 0.15) is 28.8 Å². The number of ether oxygens (including phenoxy) is 1. The number of aromatic nitrogens is 2. The third kappa shape index (κ3) is 6.37. The number of hydrogen-bond donors (Lipinski definition) is 2. The van der Waals surface area contributed by atoms with E-state index in [4.69, 9.17) is 4.74 Å². The second kappa shape index (κ2) is 10.7. The molecule has 2 N–H and O–H groups in total. The molecule has 0 radical (unpaired) electrons. The molecule has 3 rings (SSSR count). The Morgan fingerprint density at radius 3 is 2.53 bits per heavy atom. The van der Waals surface area contributed by atoms with Crippen molar-refractivity contribution >= 4 is 17.6 Å². The van der Waals surface area contributed by atoms with Crippen LogP contribution >= 0.6 is 0 Å². The normalized spacial score (nSPS) is 10.3. The van der Waals surface area contributed by atoms with Crippen LogP contribution in [0, 0.1) is 5.82 Å². The van der Waals surface area contributed by atoms with Gasteiger partial charge in [-0.3, -0.25) is 14.6 Å². The maximum absolute atomic E-state index is 12.9. The van der Waals surface area contributed by atoms with E-state index in [1.807, 2.05) is 12.1 Å². The van der Waals surface area contributed by atoms with E-state index >= 15 is 0 Å². The van der Waals surface area contributed by atoms with E-state index in [9.17, 15) is 14.0 Å². The topological polar surface area (TPSA) is 93.2 Å². The van der Waals surface area contributed by atoms with Gasteiger partial charge in [0.05, 0.1) is 0 Å². The lowest BCUT2D eigenvalue weighted by molar-refractivity contribution is -0.116. The summed E-state index contributed by atoms with van der Waals surface area (Å²) < 4.78 is 18.6. The van der Waals surface area contributed by atoms with Gasteiger partial charge in [-0.25, -0.2) is 9.37 Å². The molecule has 2 aromatic heterocycles. The highest BCUT2D eigenvalue weighted by atomic mass is 19.1. The lowest BCUT2D eigenvalue weighted by Crippen LogP contribution is -2.25. The molecule has 0 atom stereocenters. The lowest BCUT2D eigenvalue weighted by Gasteiger charge is -2.11. The summed E-state index contributed by atoms with van der Waals surface area (Å²) in [6.07, 6.45) is 5.57. The molecule has 3 aromatic rings. The Balaban J connectivity index is 1.43. The predicted octanol–water partition coefficient (Wildman–Crippen LogP) is 3.34. The Kier molecular flexibility index (Phi) is 7.43. The van der Waals surface area contributed by atoms with Crippen molar-refractivity contribution in [3.63, 3.8) is 0 Å². The Hall–Kier alpha value is -3.81. The summed E-state index contributed by atoms with van der Waals surface area (Å²) in [6.45, 7) is 0.643. The summed E-state index contributed by atoms with van der Waals surface area (Å²) in [5, 5.41) is 5.43. The van der Waals surface area contributed by atoms with Gasteiger partial charge in [-0.2, -0.15) is 0 Å². The number of halogens is 1. The van der Waals surface area contributed by atoms with Gasteiger partial charge in [-0.15, -0.1) is 0 Å². The maximum Gasteiger partial charge on any atom is 0.251 e. The van der Waals surface area contributed by atoms with Gasteiger partial charge in [0, 0.05) is 37.1 Å². The Morgan fingerprint density at radius 2 is 1.77 bits per heavy atom. The van der Waals surface area contributed by atoms with Crippen LogP contribution in [0.4, 0.5) is 10.2 Å². The molecule has 7 nitrogen and oxygen atoms in total. The van der Waals surface area contributed by atoms with Gasteiger partial charge in [-0.05, 0) is 60.5 Å². The van der Waals surface area contributed by atoms with E-state index < -0.39 is 5.82 Å². The van der Waals surface area contributed by atoms with Crippen LogP contribution in [-0.4, -0.2) is 28.3 Å². The van der Waals surface area contributed by atoms with Crippen molar-refractivity contribution in [1.82, 2.24) is 15.3 Å². The fourth-order valence-corrected chi connectivity index (χ4v) is 2.59. The summed E-state index contributed by atoms with van der Waals surface area (Å²) in [4.78, 5) is 32.3. The number of hydrogen-bond acceptors (Lipinski definition) is 5. The summed E-state index contributed by atoms with van der Waals surface area (Å²) >= 11 is 0. The molecule has 0 saturated carbocycles. The lowest BCUT2D eigenvalue weighted by atomic mass is 10.2. The van der Waals surface area contributed by atoms with Crippen molar-refractivity contribution in [2.24, 2.45) is 0 Å². The molecule has 0 saturated heterocycles. The van der Waals surface area contributed by atoms with Crippen LogP contribution in [0.15, 0.2) is 67.1 Å². The fraction of sp³-hybridized carbons (Fsp3) is 0.182. The summed E-state index contributed by atoms with van der Waals surface area (Å²) in [5.74, 6) is -0.147. The molecule has 1 aromatic carbocycles. The van der Waals surface area contributed by atoms with E-state index in [2.05, 4.69) is 20.6 Å². The second-order valence-electron chi connectivity index (χ2n) is 6.41. The van der Waals surface area contributed by atoms with E-state index in [1.165, 1.54) is 24.3 Å². The van der Waals surface area contributed by atoms with Crippen LogP contribution in [0.5, 0.6) is 5.75 Å².